The summed E-state index contributed by atoms with van der Waals surface area (Å²) in [5.74, 6) is -2.15. The second-order valence-corrected chi connectivity index (χ2v) is 6.53. The summed E-state index contributed by atoms with van der Waals surface area (Å²) in [6.45, 7) is 0.233. The van der Waals surface area contributed by atoms with Crippen molar-refractivity contribution in [2.75, 3.05) is 4.72 Å². The molecule has 2 rings (SSSR count). The molecule has 1 heterocycles. The van der Waals surface area contributed by atoms with Gasteiger partial charge in [-0.25, -0.2) is 17.2 Å². The highest BCUT2D eigenvalue weighted by Gasteiger charge is 2.17. The maximum absolute atomic E-state index is 13.0. The van der Waals surface area contributed by atoms with E-state index >= 15 is 0 Å². The third-order valence-electron chi connectivity index (χ3n) is 2.30. The lowest BCUT2D eigenvalue weighted by atomic mass is 10.3. The minimum atomic E-state index is -3.81. The summed E-state index contributed by atoms with van der Waals surface area (Å²) in [4.78, 5) is 0. The molecular formula is C11H10F2N2O2S2. The molecule has 0 radical (unpaired) electrons. The van der Waals surface area contributed by atoms with Crippen molar-refractivity contribution in [1.29, 1.82) is 0 Å². The molecule has 102 valence electrons. The van der Waals surface area contributed by atoms with Crippen LogP contribution in [0.5, 0.6) is 0 Å². The molecule has 0 unspecified atom stereocenters. The summed E-state index contributed by atoms with van der Waals surface area (Å²) in [5, 5.41) is 1.62. The molecule has 1 aromatic heterocycles. The highest BCUT2D eigenvalue weighted by molar-refractivity contribution is 7.94. The minimum absolute atomic E-state index is 0.0402. The number of anilines is 1. The lowest BCUT2D eigenvalue weighted by Crippen LogP contribution is -2.11. The molecule has 0 atom stereocenters. The van der Waals surface area contributed by atoms with E-state index in [0.717, 1.165) is 29.5 Å². The largest absolute Gasteiger partial charge is 0.326 e. The van der Waals surface area contributed by atoms with Crippen LogP contribution in [-0.2, 0) is 16.6 Å². The van der Waals surface area contributed by atoms with E-state index in [-0.39, 0.29) is 16.4 Å². The topological polar surface area (TPSA) is 72.2 Å². The van der Waals surface area contributed by atoms with Gasteiger partial charge in [0.05, 0.1) is 5.69 Å². The van der Waals surface area contributed by atoms with Gasteiger partial charge in [0.1, 0.15) is 4.21 Å². The highest BCUT2D eigenvalue weighted by atomic mass is 32.2. The second kappa shape index (κ2) is 5.24. The maximum Gasteiger partial charge on any atom is 0.271 e. The lowest BCUT2D eigenvalue weighted by Gasteiger charge is -2.06. The first-order valence-corrected chi connectivity index (χ1v) is 7.54. The van der Waals surface area contributed by atoms with Crippen LogP contribution in [-0.4, -0.2) is 8.42 Å². The predicted octanol–water partition coefficient (Wildman–Crippen LogP) is 2.29. The van der Waals surface area contributed by atoms with E-state index in [4.69, 9.17) is 5.73 Å². The zero-order valence-electron chi connectivity index (χ0n) is 9.56. The zero-order valence-corrected chi connectivity index (χ0v) is 11.2. The summed E-state index contributed by atoms with van der Waals surface area (Å²) in [6, 6.07) is 4.22. The van der Waals surface area contributed by atoms with Crippen molar-refractivity contribution in [2.45, 2.75) is 10.8 Å². The summed E-state index contributed by atoms with van der Waals surface area (Å²) in [7, 11) is -3.81. The number of hydrogen-bond acceptors (Lipinski definition) is 4. The highest BCUT2D eigenvalue weighted by Crippen LogP contribution is 2.23. The Kier molecular flexibility index (Phi) is 3.83. The van der Waals surface area contributed by atoms with Crippen molar-refractivity contribution in [2.24, 2.45) is 5.73 Å². The van der Waals surface area contributed by atoms with Gasteiger partial charge >= 0.3 is 0 Å². The molecule has 0 bridgehead atoms. The fourth-order valence-corrected chi connectivity index (χ4v) is 3.64. The molecule has 2 aromatic rings. The van der Waals surface area contributed by atoms with Gasteiger partial charge in [-0.05, 0) is 29.1 Å². The number of thiophene rings is 1. The van der Waals surface area contributed by atoms with Crippen LogP contribution in [0, 0.1) is 11.6 Å². The van der Waals surface area contributed by atoms with E-state index in [1.807, 2.05) is 0 Å². The fraction of sp³-hybridized carbons (Fsp3) is 0.0909. The van der Waals surface area contributed by atoms with E-state index in [2.05, 4.69) is 4.72 Å². The minimum Gasteiger partial charge on any atom is -0.326 e. The third kappa shape index (κ3) is 3.09. The van der Waals surface area contributed by atoms with E-state index in [9.17, 15) is 17.2 Å². The Hall–Kier alpha value is -1.51. The lowest BCUT2D eigenvalue weighted by molar-refractivity contribution is 0.509. The summed E-state index contributed by atoms with van der Waals surface area (Å²) < 4.78 is 51.9. The van der Waals surface area contributed by atoms with E-state index in [1.54, 1.807) is 5.38 Å². The van der Waals surface area contributed by atoms with Crippen LogP contribution >= 0.6 is 11.3 Å². The summed E-state index contributed by atoms with van der Waals surface area (Å²) in [5.41, 5.74) is 6.05. The summed E-state index contributed by atoms with van der Waals surface area (Å²) in [6.07, 6.45) is 0. The van der Waals surface area contributed by atoms with Crippen LogP contribution in [0.3, 0.4) is 0 Å². The average Bonchev–Trinajstić information content (AvgIpc) is 2.83. The predicted molar refractivity (Wildman–Crippen MR) is 69.4 cm³/mol. The van der Waals surface area contributed by atoms with Crippen molar-refractivity contribution in [3.05, 3.63) is 46.8 Å². The number of nitrogens with one attached hydrogen (secondary N) is 1. The van der Waals surface area contributed by atoms with Gasteiger partial charge in [-0.3, -0.25) is 4.72 Å². The number of nitrogens with two attached hydrogens (primary N) is 1. The molecular weight excluding hydrogens is 294 g/mol. The van der Waals surface area contributed by atoms with Gasteiger partial charge in [0.15, 0.2) is 11.6 Å². The molecule has 0 aliphatic rings. The molecule has 0 saturated carbocycles. The Morgan fingerprint density at radius 1 is 1.21 bits per heavy atom. The van der Waals surface area contributed by atoms with E-state index < -0.39 is 21.7 Å². The van der Waals surface area contributed by atoms with Gasteiger partial charge in [-0.2, -0.15) is 0 Å². The second-order valence-electron chi connectivity index (χ2n) is 3.71. The molecule has 0 aliphatic carbocycles. The Bertz CT molecular complexity index is 698. The van der Waals surface area contributed by atoms with E-state index in [1.165, 1.54) is 6.07 Å². The Morgan fingerprint density at radius 2 is 1.95 bits per heavy atom. The number of benzene rings is 1. The smallest absolute Gasteiger partial charge is 0.271 e. The molecule has 0 fully saturated rings. The van der Waals surface area contributed by atoms with Crippen LogP contribution in [0.4, 0.5) is 14.5 Å². The molecule has 1 aromatic carbocycles. The third-order valence-corrected chi connectivity index (χ3v) is 5.17. The Morgan fingerprint density at radius 3 is 2.53 bits per heavy atom. The number of rotatable bonds is 4. The van der Waals surface area contributed by atoms with Gasteiger partial charge in [0.25, 0.3) is 10.0 Å². The van der Waals surface area contributed by atoms with Crippen LogP contribution in [0.2, 0.25) is 0 Å². The fourth-order valence-electron chi connectivity index (χ4n) is 1.37. The molecule has 0 saturated heterocycles. The Labute approximate surface area is 112 Å². The van der Waals surface area contributed by atoms with Crippen molar-refractivity contribution < 1.29 is 17.2 Å². The van der Waals surface area contributed by atoms with Crippen molar-refractivity contribution >= 4 is 27.0 Å². The average molecular weight is 304 g/mol. The molecule has 3 N–H and O–H groups in total. The van der Waals surface area contributed by atoms with Crippen LogP contribution < -0.4 is 10.5 Å². The Balaban J connectivity index is 2.28. The standard InChI is InChI=1S/C11H10F2N2O2S2/c12-9-2-1-8(4-10(9)13)15-19(16,17)11-3-7(5-14)6-18-11/h1-4,6,15H,5,14H2. The van der Waals surface area contributed by atoms with Crippen molar-refractivity contribution in [3.63, 3.8) is 0 Å². The molecule has 4 nitrogen and oxygen atoms in total. The number of halogens is 2. The number of hydrogen-bond donors (Lipinski definition) is 2. The molecule has 8 heteroatoms. The zero-order chi connectivity index (χ0) is 14.0. The molecule has 0 amide bonds. The molecule has 0 aliphatic heterocycles. The van der Waals surface area contributed by atoms with Gasteiger partial charge in [-0.1, -0.05) is 0 Å². The van der Waals surface area contributed by atoms with Gasteiger partial charge < -0.3 is 5.73 Å². The van der Waals surface area contributed by atoms with Crippen molar-refractivity contribution in [3.8, 4) is 0 Å². The van der Waals surface area contributed by atoms with E-state index in [0.29, 0.717) is 5.56 Å². The summed E-state index contributed by atoms with van der Waals surface area (Å²) >= 11 is 1.01. The van der Waals surface area contributed by atoms with Gasteiger partial charge in [0.2, 0.25) is 0 Å². The molecule has 19 heavy (non-hydrogen) atoms. The maximum atomic E-state index is 13.0. The first kappa shape index (κ1) is 13.9. The van der Waals surface area contributed by atoms with Gasteiger partial charge in [-0.15, -0.1) is 11.3 Å². The SMILES string of the molecule is NCc1csc(S(=O)(=O)Nc2ccc(F)c(F)c2)c1. The quantitative estimate of drug-likeness (QED) is 0.910. The van der Waals surface area contributed by atoms with Crippen LogP contribution in [0.25, 0.3) is 0 Å². The van der Waals surface area contributed by atoms with Gasteiger partial charge in [0, 0.05) is 12.6 Å². The van der Waals surface area contributed by atoms with Crippen LogP contribution in [0.1, 0.15) is 5.56 Å². The first-order valence-electron chi connectivity index (χ1n) is 5.18. The van der Waals surface area contributed by atoms with Crippen LogP contribution in [0.15, 0.2) is 33.9 Å². The molecule has 0 spiro atoms. The van der Waals surface area contributed by atoms with Crippen molar-refractivity contribution in [1.82, 2.24) is 0 Å². The normalized spacial score (nSPS) is 11.5. The number of sulfonamides is 1. The first-order chi connectivity index (χ1) is 8.92. The monoisotopic (exact) mass is 304 g/mol.